The van der Waals surface area contributed by atoms with Gasteiger partial charge in [-0.15, -0.1) is 0 Å². The lowest BCUT2D eigenvalue weighted by Gasteiger charge is -2.07. The zero-order valence-corrected chi connectivity index (χ0v) is 11.4. The van der Waals surface area contributed by atoms with E-state index in [0.717, 1.165) is 5.56 Å². The molecule has 2 rings (SSSR count). The van der Waals surface area contributed by atoms with Gasteiger partial charge in [0, 0.05) is 12.1 Å². The monoisotopic (exact) mass is 324 g/mol. The Morgan fingerprint density at radius 1 is 1.42 bits per heavy atom. The Kier molecular flexibility index (Phi) is 3.66. The molecule has 1 aromatic heterocycles. The second kappa shape index (κ2) is 5.23. The Bertz CT molecular complexity index is 651. The van der Waals surface area contributed by atoms with Crippen LogP contribution in [0.4, 0.5) is 11.4 Å². The van der Waals surface area contributed by atoms with Crippen LogP contribution in [0.3, 0.4) is 0 Å². The van der Waals surface area contributed by atoms with E-state index in [4.69, 9.17) is 4.42 Å². The Morgan fingerprint density at radius 3 is 2.74 bits per heavy atom. The van der Waals surface area contributed by atoms with Gasteiger partial charge in [0.1, 0.15) is 0 Å². The summed E-state index contributed by atoms with van der Waals surface area (Å²) in [6.45, 7) is 1.75. The van der Waals surface area contributed by atoms with Crippen molar-refractivity contribution in [2.45, 2.75) is 6.92 Å². The molecular weight excluding hydrogens is 316 g/mol. The highest BCUT2D eigenvalue weighted by Crippen LogP contribution is 2.24. The fraction of sp³-hybridized carbons (Fsp3) is 0.0833. The molecule has 0 spiro atoms. The molecule has 1 aromatic carbocycles. The number of benzene rings is 1. The number of hydrogen-bond acceptors (Lipinski definition) is 4. The van der Waals surface area contributed by atoms with Gasteiger partial charge in [0.2, 0.25) is 0 Å². The topological polar surface area (TPSA) is 85.4 Å². The molecule has 6 nitrogen and oxygen atoms in total. The van der Waals surface area contributed by atoms with Gasteiger partial charge in [-0.05, 0) is 34.5 Å². The number of aryl methyl sites for hydroxylation is 1. The highest BCUT2D eigenvalue weighted by Gasteiger charge is 2.15. The van der Waals surface area contributed by atoms with E-state index in [-0.39, 0.29) is 5.69 Å². The van der Waals surface area contributed by atoms with Crippen LogP contribution in [-0.4, -0.2) is 10.8 Å². The maximum absolute atomic E-state index is 12.0. The van der Waals surface area contributed by atoms with E-state index in [1.54, 1.807) is 13.0 Å². The highest BCUT2D eigenvalue weighted by molar-refractivity contribution is 9.10. The summed E-state index contributed by atoms with van der Waals surface area (Å²) in [4.78, 5) is 22.2. The number of nitro benzene ring substituents is 1. The van der Waals surface area contributed by atoms with Crippen LogP contribution in [0.1, 0.15) is 15.9 Å². The quantitative estimate of drug-likeness (QED) is 0.691. The normalized spacial score (nSPS) is 10.2. The Labute approximate surface area is 116 Å². The van der Waals surface area contributed by atoms with Gasteiger partial charge >= 0.3 is 0 Å². The van der Waals surface area contributed by atoms with Crippen molar-refractivity contribution in [3.05, 3.63) is 56.4 Å². The van der Waals surface area contributed by atoms with Gasteiger partial charge in [-0.3, -0.25) is 14.9 Å². The van der Waals surface area contributed by atoms with Crippen molar-refractivity contribution in [1.29, 1.82) is 0 Å². The van der Waals surface area contributed by atoms with Crippen molar-refractivity contribution < 1.29 is 14.1 Å². The van der Waals surface area contributed by atoms with Gasteiger partial charge < -0.3 is 9.73 Å². The van der Waals surface area contributed by atoms with E-state index in [1.807, 2.05) is 0 Å². The number of anilines is 1. The molecule has 19 heavy (non-hydrogen) atoms. The number of nitrogens with zero attached hydrogens (tertiary/aromatic N) is 1. The van der Waals surface area contributed by atoms with E-state index in [2.05, 4.69) is 21.2 Å². The summed E-state index contributed by atoms with van der Waals surface area (Å²) >= 11 is 3.10. The molecule has 0 bridgehead atoms. The van der Waals surface area contributed by atoms with Crippen molar-refractivity contribution in [2.24, 2.45) is 0 Å². The molecule has 0 fully saturated rings. The van der Waals surface area contributed by atoms with Crippen LogP contribution >= 0.6 is 15.9 Å². The first-order valence-corrected chi connectivity index (χ1v) is 6.07. The molecule has 7 heteroatoms. The summed E-state index contributed by atoms with van der Waals surface area (Å²) in [7, 11) is 0. The fourth-order valence-corrected chi connectivity index (χ4v) is 1.92. The molecule has 98 valence electrons. The van der Waals surface area contributed by atoms with Gasteiger partial charge in [-0.25, -0.2) is 0 Å². The SMILES string of the molecule is Cc1ccc([N+](=O)[O-])cc1NC(=O)c1ccoc1Br. The van der Waals surface area contributed by atoms with Crippen molar-refractivity contribution in [3.8, 4) is 0 Å². The minimum absolute atomic E-state index is 0.0767. The number of carbonyl (C=O) groups excluding carboxylic acids is 1. The summed E-state index contributed by atoms with van der Waals surface area (Å²) in [6, 6.07) is 5.80. The number of non-ortho nitro benzene ring substituents is 1. The zero-order valence-electron chi connectivity index (χ0n) is 9.84. The Balaban J connectivity index is 2.28. The zero-order chi connectivity index (χ0) is 14.0. The van der Waals surface area contributed by atoms with Crippen molar-refractivity contribution in [1.82, 2.24) is 0 Å². The van der Waals surface area contributed by atoms with Gasteiger partial charge in [0.25, 0.3) is 11.6 Å². The molecule has 0 saturated carbocycles. The lowest BCUT2D eigenvalue weighted by molar-refractivity contribution is -0.384. The summed E-state index contributed by atoms with van der Waals surface area (Å²) < 4.78 is 5.28. The van der Waals surface area contributed by atoms with E-state index in [0.29, 0.717) is 15.9 Å². The van der Waals surface area contributed by atoms with E-state index in [1.165, 1.54) is 24.5 Å². The number of furan rings is 1. The van der Waals surface area contributed by atoms with Crippen LogP contribution in [0.2, 0.25) is 0 Å². The summed E-state index contributed by atoms with van der Waals surface area (Å²) in [5, 5.41) is 13.3. The molecule has 2 aromatic rings. The van der Waals surface area contributed by atoms with Gasteiger partial charge in [-0.2, -0.15) is 0 Å². The third-order valence-electron chi connectivity index (χ3n) is 2.54. The van der Waals surface area contributed by atoms with Crippen LogP contribution < -0.4 is 5.32 Å². The Morgan fingerprint density at radius 2 is 2.16 bits per heavy atom. The Hall–Kier alpha value is -2.15. The first kappa shape index (κ1) is 13.3. The molecule has 0 aliphatic carbocycles. The standard InChI is InChI=1S/C12H9BrN2O4/c1-7-2-3-8(15(17)18)6-10(7)14-12(16)9-4-5-19-11(9)13/h2-6H,1H3,(H,14,16). The summed E-state index contributed by atoms with van der Waals surface area (Å²) in [5.41, 5.74) is 1.38. The number of amides is 1. The van der Waals surface area contributed by atoms with Gasteiger partial charge in [-0.1, -0.05) is 6.07 Å². The van der Waals surface area contributed by atoms with E-state index in [9.17, 15) is 14.9 Å². The maximum atomic E-state index is 12.0. The van der Waals surface area contributed by atoms with Crippen LogP contribution in [-0.2, 0) is 0 Å². The fourth-order valence-electron chi connectivity index (χ4n) is 1.50. The average molecular weight is 325 g/mol. The third-order valence-corrected chi connectivity index (χ3v) is 3.16. The second-order valence-corrected chi connectivity index (χ2v) is 4.54. The predicted octanol–water partition coefficient (Wildman–Crippen LogP) is 3.51. The van der Waals surface area contributed by atoms with Crippen LogP contribution in [0.25, 0.3) is 0 Å². The molecule has 0 radical (unpaired) electrons. The minimum atomic E-state index is -0.511. The van der Waals surface area contributed by atoms with E-state index < -0.39 is 10.8 Å². The number of rotatable bonds is 3. The van der Waals surface area contributed by atoms with E-state index >= 15 is 0 Å². The van der Waals surface area contributed by atoms with Crippen molar-refractivity contribution in [2.75, 3.05) is 5.32 Å². The molecule has 0 aliphatic heterocycles. The maximum Gasteiger partial charge on any atom is 0.271 e. The molecule has 1 N–H and O–H groups in total. The van der Waals surface area contributed by atoms with Crippen LogP contribution in [0.15, 0.2) is 39.6 Å². The number of hydrogen-bond donors (Lipinski definition) is 1. The molecule has 0 aliphatic rings. The summed E-state index contributed by atoms with van der Waals surface area (Å²) in [6.07, 6.45) is 1.37. The van der Waals surface area contributed by atoms with Crippen molar-refractivity contribution in [3.63, 3.8) is 0 Å². The molecule has 0 unspecified atom stereocenters. The second-order valence-electron chi connectivity index (χ2n) is 3.82. The third kappa shape index (κ3) is 2.82. The van der Waals surface area contributed by atoms with Crippen LogP contribution in [0, 0.1) is 17.0 Å². The van der Waals surface area contributed by atoms with Gasteiger partial charge in [0.05, 0.1) is 22.4 Å². The lowest BCUT2D eigenvalue weighted by atomic mass is 10.1. The number of nitro groups is 1. The molecule has 0 saturated heterocycles. The van der Waals surface area contributed by atoms with Gasteiger partial charge in [0.15, 0.2) is 4.67 Å². The minimum Gasteiger partial charge on any atom is -0.457 e. The molecule has 0 atom stereocenters. The van der Waals surface area contributed by atoms with Crippen molar-refractivity contribution >= 4 is 33.2 Å². The molecule has 1 amide bonds. The average Bonchev–Trinajstić information content (AvgIpc) is 2.78. The number of nitrogens with one attached hydrogen (secondary N) is 1. The lowest BCUT2D eigenvalue weighted by Crippen LogP contribution is -2.12. The largest absolute Gasteiger partial charge is 0.457 e. The number of carbonyl (C=O) groups is 1. The highest BCUT2D eigenvalue weighted by atomic mass is 79.9. The van der Waals surface area contributed by atoms with Crippen LogP contribution in [0.5, 0.6) is 0 Å². The molecular formula is C12H9BrN2O4. The predicted molar refractivity (Wildman–Crippen MR) is 72.2 cm³/mol. The molecule has 1 heterocycles. The first-order valence-electron chi connectivity index (χ1n) is 5.28. The first-order chi connectivity index (χ1) is 8.99. The smallest absolute Gasteiger partial charge is 0.271 e. The summed E-state index contributed by atoms with van der Waals surface area (Å²) in [5.74, 6) is -0.399. The number of halogens is 1.